The summed E-state index contributed by atoms with van der Waals surface area (Å²) in [5, 5.41) is 2.52. The van der Waals surface area contributed by atoms with E-state index >= 15 is 0 Å². The molecule has 1 saturated heterocycles. The summed E-state index contributed by atoms with van der Waals surface area (Å²) in [7, 11) is 0. The molecule has 1 aromatic carbocycles. The number of halogens is 7. The van der Waals surface area contributed by atoms with Crippen LogP contribution >= 0.6 is 0 Å². The number of hydrogen-bond donors (Lipinski definition) is 1. The van der Waals surface area contributed by atoms with E-state index in [9.17, 15) is 35.5 Å². The van der Waals surface area contributed by atoms with Crippen LogP contribution in [0, 0.1) is 17.6 Å². The SMILES string of the molecule is O=C(NC1CC1)c1c(F)cc(OCCCC2CCN(CC(F)(F)C(F)(F)F)CC2)cc1F. The number of benzene rings is 1. The van der Waals surface area contributed by atoms with Gasteiger partial charge in [-0.1, -0.05) is 0 Å². The van der Waals surface area contributed by atoms with Crippen molar-refractivity contribution in [2.75, 3.05) is 26.2 Å². The summed E-state index contributed by atoms with van der Waals surface area (Å²) in [6.07, 6.45) is -1.83. The third-order valence-corrected chi connectivity index (χ3v) is 5.72. The molecule has 0 bridgehead atoms. The van der Waals surface area contributed by atoms with E-state index in [4.69, 9.17) is 4.74 Å². The summed E-state index contributed by atoms with van der Waals surface area (Å²) in [5.74, 6) is -7.45. The Labute approximate surface area is 181 Å². The summed E-state index contributed by atoms with van der Waals surface area (Å²) in [6.45, 7) is -0.882. The minimum absolute atomic E-state index is 0.0368. The van der Waals surface area contributed by atoms with Crippen molar-refractivity contribution in [3.63, 3.8) is 0 Å². The highest BCUT2D eigenvalue weighted by atomic mass is 19.4. The zero-order valence-corrected chi connectivity index (χ0v) is 17.3. The van der Waals surface area contributed by atoms with Crippen LogP contribution in [0.1, 0.15) is 48.9 Å². The molecule has 1 heterocycles. The standard InChI is InChI=1S/C21H25F7N2O2/c22-16-10-15(11-17(23)18(16)19(31)29-14-3-4-14)32-9-1-2-13-5-7-30(8-6-13)12-20(24,25)21(26,27)28/h10-11,13-14H,1-9,12H2,(H,29,31). The lowest BCUT2D eigenvalue weighted by molar-refractivity contribution is -0.287. The Balaban J connectivity index is 1.38. The largest absolute Gasteiger partial charge is 0.493 e. The normalized spacial score (nSPS) is 18.6. The Morgan fingerprint density at radius 2 is 1.62 bits per heavy atom. The maximum absolute atomic E-state index is 14.2. The van der Waals surface area contributed by atoms with Gasteiger partial charge in [0, 0.05) is 18.2 Å². The quantitative estimate of drug-likeness (QED) is 0.411. The molecule has 1 aromatic rings. The molecule has 4 nitrogen and oxygen atoms in total. The van der Waals surface area contributed by atoms with E-state index < -0.39 is 41.7 Å². The van der Waals surface area contributed by atoms with Crippen molar-refractivity contribution in [2.45, 2.75) is 56.7 Å². The van der Waals surface area contributed by atoms with E-state index in [2.05, 4.69) is 5.32 Å². The van der Waals surface area contributed by atoms with Gasteiger partial charge in [0.2, 0.25) is 0 Å². The van der Waals surface area contributed by atoms with E-state index in [1.807, 2.05) is 0 Å². The fraction of sp³-hybridized carbons (Fsp3) is 0.667. The van der Waals surface area contributed by atoms with Crippen LogP contribution in [0.15, 0.2) is 12.1 Å². The molecule has 0 atom stereocenters. The molecule has 180 valence electrons. The van der Waals surface area contributed by atoms with Gasteiger partial charge in [-0.15, -0.1) is 0 Å². The minimum Gasteiger partial charge on any atom is -0.493 e. The van der Waals surface area contributed by atoms with Crippen LogP contribution in [0.4, 0.5) is 30.7 Å². The van der Waals surface area contributed by atoms with Gasteiger partial charge in [-0.05, 0) is 57.5 Å². The number of nitrogens with zero attached hydrogens (tertiary/aromatic N) is 1. The molecular weight excluding hydrogens is 445 g/mol. The number of piperidine rings is 1. The number of hydrogen-bond acceptors (Lipinski definition) is 3. The first-order valence-corrected chi connectivity index (χ1v) is 10.6. The summed E-state index contributed by atoms with van der Waals surface area (Å²) < 4.78 is 96.9. The van der Waals surface area contributed by atoms with E-state index in [1.165, 1.54) is 0 Å². The van der Waals surface area contributed by atoms with Gasteiger partial charge in [0.1, 0.15) is 22.9 Å². The number of amides is 1. The molecular formula is C21H25F7N2O2. The van der Waals surface area contributed by atoms with Crippen LogP contribution in [0.5, 0.6) is 5.75 Å². The number of ether oxygens (including phenoxy) is 1. The van der Waals surface area contributed by atoms with Gasteiger partial charge in [-0.2, -0.15) is 22.0 Å². The van der Waals surface area contributed by atoms with Crippen molar-refractivity contribution in [3.8, 4) is 5.75 Å². The predicted molar refractivity (Wildman–Crippen MR) is 102 cm³/mol. The van der Waals surface area contributed by atoms with Crippen LogP contribution in [-0.4, -0.2) is 55.2 Å². The second-order valence-electron chi connectivity index (χ2n) is 8.42. The van der Waals surface area contributed by atoms with E-state index in [-0.39, 0.29) is 37.4 Å². The van der Waals surface area contributed by atoms with Crippen molar-refractivity contribution < 1.29 is 40.3 Å². The van der Waals surface area contributed by atoms with Gasteiger partial charge in [0.15, 0.2) is 0 Å². The van der Waals surface area contributed by atoms with E-state index in [0.29, 0.717) is 25.7 Å². The molecule has 3 rings (SSSR count). The van der Waals surface area contributed by atoms with Crippen LogP contribution < -0.4 is 10.1 Å². The van der Waals surface area contributed by atoms with Gasteiger partial charge < -0.3 is 10.1 Å². The Morgan fingerprint density at radius 1 is 1.03 bits per heavy atom. The molecule has 1 saturated carbocycles. The fourth-order valence-corrected chi connectivity index (χ4v) is 3.70. The second-order valence-corrected chi connectivity index (χ2v) is 8.42. The molecule has 1 aliphatic heterocycles. The van der Waals surface area contributed by atoms with Crippen molar-refractivity contribution >= 4 is 5.91 Å². The lowest BCUT2D eigenvalue weighted by Crippen LogP contribution is -2.49. The van der Waals surface area contributed by atoms with Gasteiger partial charge in [-0.25, -0.2) is 8.78 Å². The molecule has 0 unspecified atom stereocenters. The lowest BCUT2D eigenvalue weighted by atomic mass is 9.92. The average Bonchev–Trinajstić information content (AvgIpc) is 3.49. The first kappa shape index (κ1) is 24.6. The number of carbonyl (C=O) groups excluding carboxylic acids is 1. The van der Waals surface area contributed by atoms with Crippen molar-refractivity contribution in [3.05, 3.63) is 29.3 Å². The molecule has 1 N–H and O–H groups in total. The lowest BCUT2D eigenvalue weighted by Gasteiger charge is -2.34. The summed E-state index contributed by atoms with van der Waals surface area (Å²) in [6, 6.07) is 1.86. The number of likely N-dealkylation sites (tertiary alicyclic amines) is 1. The summed E-state index contributed by atoms with van der Waals surface area (Å²) in [5.41, 5.74) is -0.646. The zero-order valence-electron chi connectivity index (χ0n) is 17.3. The molecule has 0 spiro atoms. The van der Waals surface area contributed by atoms with Crippen molar-refractivity contribution in [1.29, 1.82) is 0 Å². The zero-order chi connectivity index (χ0) is 23.5. The highest BCUT2D eigenvalue weighted by molar-refractivity contribution is 5.95. The monoisotopic (exact) mass is 470 g/mol. The third-order valence-electron chi connectivity index (χ3n) is 5.72. The average molecular weight is 470 g/mol. The van der Waals surface area contributed by atoms with Crippen molar-refractivity contribution in [2.24, 2.45) is 5.92 Å². The van der Waals surface area contributed by atoms with Crippen LogP contribution in [0.2, 0.25) is 0 Å². The number of nitrogens with one attached hydrogen (secondary N) is 1. The Hall–Kier alpha value is -2.04. The molecule has 11 heteroatoms. The molecule has 2 fully saturated rings. The fourth-order valence-electron chi connectivity index (χ4n) is 3.70. The van der Waals surface area contributed by atoms with Crippen molar-refractivity contribution in [1.82, 2.24) is 10.2 Å². The minimum atomic E-state index is -5.56. The van der Waals surface area contributed by atoms with Gasteiger partial charge in [0.25, 0.3) is 5.91 Å². The Morgan fingerprint density at radius 3 is 2.16 bits per heavy atom. The molecule has 0 aromatic heterocycles. The topological polar surface area (TPSA) is 41.6 Å². The summed E-state index contributed by atoms with van der Waals surface area (Å²) in [4.78, 5) is 13.0. The van der Waals surface area contributed by atoms with Crippen LogP contribution in [-0.2, 0) is 0 Å². The maximum Gasteiger partial charge on any atom is 0.454 e. The number of alkyl halides is 5. The van der Waals surface area contributed by atoms with Crippen LogP contribution in [0.3, 0.4) is 0 Å². The first-order valence-electron chi connectivity index (χ1n) is 10.6. The van der Waals surface area contributed by atoms with E-state index in [0.717, 1.165) is 29.9 Å². The molecule has 2 aliphatic rings. The number of rotatable bonds is 9. The summed E-state index contributed by atoms with van der Waals surface area (Å²) >= 11 is 0. The van der Waals surface area contributed by atoms with Crippen LogP contribution in [0.25, 0.3) is 0 Å². The first-order chi connectivity index (χ1) is 15.0. The highest BCUT2D eigenvalue weighted by Gasteiger charge is 2.58. The number of carbonyl (C=O) groups is 1. The molecule has 1 aliphatic carbocycles. The van der Waals surface area contributed by atoms with Gasteiger partial charge in [-0.3, -0.25) is 9.69 Å². The Bertz CT molecular complexity index is 781. The maximum atomic E-state index is 14.2. The van der Waals surface area contributed by atoms with Gasteiger partial charge in [0.05, 0.1) is 13.2 Å². The predicted octanol–water partition coefficient (Wildman–Crippen LogP) is 4.93. The smallest absolute Gasteiger partial charge is 0.454 e. The van der Waals surface area contributed by atoms with Gasteiger partial charge >= 0.3 is 12.1 Å². The highest BCUT2D eigenvalue weighted by Crippen LogP contribution is 2.37. The Kier molecular flexibility index (Phi) is 7.57. The third kappa shape index (κ3) is 6.49. The molecule has 0 radical (unpaired) electrons. The molecule has 1 amide bonds. The van der Waals surface area contributed by atoms with E-state index in [1.54, 1.807) is 0 Å². The molecule has 32 heavy (non-hydrogen) atoms. The second kappa shape index (κ2) is 9.84.